The van der Waals surface area contributed by atoms with E-state index in [1.807, 2.05) is 0 Å². The molecule has 1 rings (SSSR count). The van der Waals surface area contributed by atoms with Crippen LogP contribution in [0.3, 0.4) is 0 Å². The molecule has 172 valence electrons. The van der Waals surface area contributed by atoms with Crippen molar-refractivity contribution in [2.75, 3.05) is 13.1 Å². The van der Waals surface area contributed by atoms with Crippen LogP contribution in [0.4, 0.5) is 0 Å². The summed E-state index contributed by atoms with van der Waals surface area (Å²) in [6, 6.07) is 0. The van der Waals surface area contributed by atoms with E-state index in [0.29, 0.717) is 17.1 Å². The quantitative estimate of drug-likeness (QED) is 0.247. The van der Waals surface area contributed by atoms with Crippen molar-refractivity contribution in [3.8, 4) is 0 Å². The molecule has 1 N–H and O–H groups in total. The lowest BCUT2D eigenvalue weighted by atomic mass is 9.73. The van der Waals surface area contributed by atoms with Crippen LogP contribution in [-0.4, -0.2) is 18.9 Å². The van der Waals surface area contributed by atoms with Gasteiger partial charge in [0.05, 0.1) is 0 Å². The number of hydrogen-bond donors (Lipinski definition) is 1. The first-order chi connectivity index (χ1) is 13.8. The van der Waals surface area contributed by atoms with Crippen molar-refractivity contribution in [2.24, 2.45) is 16.7 Å². The van der Waals surface area contributed by atoms with Crippen LogP contribution in [0.2, 0.25) is 0 Å². The molecular weight excluding hydrogens is 354 g/mol. The molecule has 0 aromatic carbocycles. The summed E-state index contributed by atoms with van der Waals surface area (Å²) in [5.74, 6) is 0.817. The fourth-order valence-corrected chi connectivity index (χ4v) is 4.98. The van der Waals surface area contributed by atoms with E-state index < -0.39 is 0 Å². The van der Waals surface area contributed by atoms with Gasteiger partial charge in [-0.2, -0.15) is 0 Å². The van der Waals surface area contributed by atoms with Gasteiger partial charge in [-0.3, -0.25) is 4.79 Å². The number of unbranched alkanes of at least 4 members (excludes halogenated alkanes) is 9. The average molecular weight is 408 g/mol. The zero-order valence-corrected chi connectivity index (χ0v) is 20.7. The Labute approximate surface area is 183 Å². The largest absolute Gasteiger partial charge is 0.317 e. The Hall–Kier alpha value is -0.370. The summed E-state index contributed by atoms with van der Waals surface area (Å²) >= 11 is 0. The van der Waals surface area contributed by atoms with Gasteiger partial charge in [0, 0.05) is 11.3 Å². The Morgan fingerprint density at radius 2 is 1.21 bits per heavy atom. The Balaban J connectivity index is 2.10. The van der Waals surface area contributed by atoms with Crippen LogP contribution in [0.5, 0.6) is 0 Å². The predicted octanol–water partition coefficient (Wildman–Crippen LogP) is 8.09. The fourth-order valence-electron chi connectivity index (χ4n) is 4.98. The van der Waals surface area contributed by atoms with E-state index >= 15 is 0 Å². The maximum absolute atomic E-state index is 12.9. The molecular formula is C27H53NO. The minimum absolute atomic E-state index is 0.144. The molecule has 0 radical (unpaired) electrons. The Kier molecular flexibility index (Phi) is 13.4. The van der Waals surface area contributed by atoms with Gasteiger partial charge in [-0.1, -0.05) is 105 Å². The van der Waals surface area contributed by atoms with E-state index in [4.69, 9.17) is 0 Å². The molecule has 1 aliphatic rings. The highest BCUT2D eigenvalue weighted by molar-refractivity contribution is 5.86. The maximum atomic E-state index is 12.9. The second-order valence-corrected chi connectivity index (χ2v) is 11.2. The highest BCUT2D eigenvalue weighted by atomic mass is 16.1. The number of carbonyl (C=O) groups excluding carboxylic acids is 1. The first-order valence-corrected chi connectivity index (χ1v) is 13.0. The third-order valence-electron chi connectivity index (χ3n) is 7.24. The van der Waals surface area contributed by atoms with Crippen LogP contribution < -0.4 is 5.32 Å². The van der Waals surface area contributed by atoms with E-state index in [-0.39, 0.29) is 5.41 Å². The molecule has 1 aliphatic heterocycles. The smallest absolute Gasteiger partial charge is 0.141 e. The lowest BCUT2D eigenvalue weighted by molar-refractivity contribution is -0.132. The molecule has 0 aromatic rings. The van der Waals surface area contributed by atoms with Crippen LogP contribution in [0.1, 0.15) is 137 Å². The molecule has 0 saturated carbocycles. The molecule has 0 amide bonds. The summed E-state index contributed by atoms with van der Waals surface area (Å²) in [6.45, 7) is 13.6. The van der Waals surface area contributed by atoms with Crippen molar-refractivity contribution in [3.63, 3.8) is 0 Å². The average Bonchev–Trinajstić information content (AvgIpc) is 2.69. The summed E-state index contributed by atoms with van der Waals surface area (Å²) in [5, 5.41) is 3.38. The van der Waals surface area contributed by atoms with Gasteiger partial charge in [-0.15, -0.1) is 0 Å². The van der Waals surface area contributed by atoms with Crippen LogP contribution in [-0.2, 0) is 4.79 Å². The summed E-state index contributed by atoms with van der Waals surface area (Å²) in [7, 11) is 0. The van der Waals surface area contributed by atoms with Crippen molar-refractivity contribution in [3.05, 3.63) is 0 Å². The van der Waals surface area contributed by atoms with Gasteiger partial charge in [-0.05, 0) is 50.6 Å². The number of ketones is 1. The van der Waals surface area contributed by atoms with E-state index in [0.717, 1.165) is 32.4 Å². The molecule has 2 nitrogen and oxygen atoms in total. The maximum Gasteiger partial charge on any atom is 0.141 e. The van der Waals surface area contributed by atoms with Crippen LogP contribution in [0.25, 0.3) is 0 Å². The summed E-state index contributed by atoms with van der Waals surface area (Å²) in [5.41, 5.74) is 0.281. The van der Waals surface area contributed by atoms with Gasteiger partial charge in [0.15, 0.2) is 0 Å². The number of Topliss-reactive ketones (excluding diaryl/α,β-unsaturated/α-hetero) is 1. The molecule has 0 aromatic heterocycles. The van der Waals surface area contributed by atoms with Crippen molar-refractivity contribution >= 4 is 5.78 Å². The lowest BCUT2D eigenvalue weighted by Crippen LogP contribution is -2.38. The Bertz CT molecular complexity index is 420. The minimum Gasteiger partial charge on any atom is -0.317 e. The van der Waals surface area contributed by atoms with E-state index in [1.54, 1.807) is 0 Å². The first kappa shape index (κ1) is 26.7. The van der Waals surface area contributed by atoms with Crippen molar-refractivity contribution in [1.29, 1.82) is 0 Å². The summed E-state index contributed by atoms with van der Waals surface area (Å²) in [4.78, 5) is 12.9. The number of nitrogens with one attached hydrogen (secondary N) is 1. The molecule has 0 aliphatic carbocycles. The summed E-state index contributed by atoms with van der Waals surface area (Å²) in [6.07, 6.45) is 21.1. The lowest BCUT2D eigenvalue weighted by Gasteiger charge is -2.32. The number of hydrogen-bond acceptors (Lipinski definition) is 2. The van der Waals surface area contributed by atoms with E-state index in [1.165, 1.54) is 83.5 Å². The van der Waals surface area contributed by atoms with Crippen LogP contribution in [0.15, 0.2) is 0 Å². The van der Waals surface area contributed by atoms with Crippen LogP contribution in [0, 0.1) is 16.7 Å². The molecule has 0 unspecified atom stereocenters. The molecule has 0 bridgehead atoms. The van der Waals surface area contributed by atoms with Gasteiger partial charge in [-0.25, -0.2) is 0 Å². The third-order valence-corrected chi connectivity index (χ3v) is 7.24. The zero-order chi connectivity index (χ0) is 21.6. The molecule has 1 saturated heterocycles. The molecule has 1 heterocycles. The van der Waals surface area contributed by atoms with Crippen molar-refractivity contribution < 1.29 is 4.79 Å². The van der Waals surface area contributed by atoms with Crippen molar-refractivity contribution in [1.82, 2.24) is 5.32 Å². The second-order valence-electron chi connectivity index (χ2n) is 11.2. The molecule has 0 atom stereocenters. The fraction of sp³-hybridized carbons (Fsp3) is 0.963. The molecule has 29 heavy (non-hydrogen) atoms. The highest BCUT2D eigenvalue weighted by Crippen LogP contribution is 2.35. The standard InChI is InChI=1S/C27H53NO/c1-6-7-8-9-10-11-12-13-14-15-19-26(2,3)20-16-21-27(4,5)25(29)24-17-22-28-23-18-24/h24,28H,6-23H2,1-5H3. The third kappa shape index (κ3) is 12.2. The number of piperidine rings is 1. The van der Waals surface area contributed by atoms with E-state index in [2.05, 4.69) is 39.9 Å². The number of carbonyl (C=O) groups is 1. The zero-order valence-electron chi connectivity index (χ0n) is 20.7. The SMILES string of the molecule is CCCCCCCCCCCCC(C)(C)CCCC(C)(C)C(=O)C1CCNCC1. The molecule has 1 fully saturated rings. The molecule has 0 spiro atoms. The topological polar surface area (TPSA) is 29.1 Å². The normalized spacial score (nSPS) is 16.3. The van der Waals surface area contributed by atoms with Gasteiger partial charge >= 0.3 is 0 Å². The van der Waals surface area contributed by atoms with Gasteiger partial charge in [0.1, 0.15) is 5.78 Å². The number of rotatable bonds is 17. The molecule has 2 heteroatoms. The summed E-state index contributed by atoms with van der Waals surface area (Å²) < 4.78 is 0. The van der Waals surface area contributed by atoms with Crippen LogP contribution >= 0.6 is 0 Å². The second kappa shape index (κ2) is 14.6. The van der Waals surface area contributed by atoms with Crippen molar-refractivity contribution in [2.45, 2.75) is 137 Å². The van der Waals surface area contributed by atoms with Gasteiger partial charge in [0.2, 0.25) is 0 Å². The predicted molar refractivity (Wildman–Crippen MR) is 128 cm³/mol. The monoisotopic (exact) mass is 407 g/mol. The minimum atomic E-state index is -0.144. The Morgan fingerprint density at radius 3 is 1.76 bits per heavy atom. The van der Waals surface area contributed by atoms with E-state index in [9.17, 15) is 4.79 Å². The Morgan fingerprint density at radius 1 is 0.724 bits per heavy atom. The van der Waals surface area contributed by atoms with Gasteiger partial charge < -0.3 is 5.32 Å². The first-order valence-electron chi connectivity index (χ1n) is 13.0. The van der Waals surface area contributed by atoms with Gasteiger partial charge in [0.25, 0.3) is 0 Å². The highest BCUT2D eigenvalue weighted by Gasteiger charge is 2.34.